The molecule has 1 aliphatic heterocycles. The van der Waals surface area contributed by atoms with Gasteiger partial charge in [0.2, 0.25) is 0 Å². The van der Waals surface area contributed by atoms with Crippen LogP contribution in [0.4, 0.5) is 10.2 Å². The number of nitrogens with zero attached hydrogens (tertiary/aromatic N) is 5. The normalized spacial score (nSPS) is 17.7. The molecule has 6 rings (SSSR count). The summed E-state index contributed by atoms with van der Waals surface area (Å²) in [6.45, 7) is 1.80. The van der Waals surface area contributed by atoms with E-state index >= 15 is 0 Å². The zero-order chi connectivity index (χ0) is 25.0. The number of fused-ring (bicyclic) bond motifs is 2. The molecule has 4 N–H and O–H groups in total. The zero-order valence-electron chi connectivity index (χ0n) is 20.0. The van der Waals surface area contributed by atoms with E-state index in [1.165, 1.54) is 12.1 Å². The first-order chi connectivity index (χ1) is 17.3. The van der Waals surface area contributed by atoms with Gasteiger partial charge >= 0.3 is 0 Å². The lowest BCUT2D eigenvalue weighted by Crippen LogP contribution is -2.48. The van der Waals surface area contributed by atoms with Crippen LogP contribution >= 0.6 is 0 Å². The molecule has 0 bridgehead atoms. The molecule has 1 aliphatic carbocycles. The Kier molecular flexibility index (Phi) is 5.42. The highest BCUT2D eigenvalue weighted by atomic mass is 19.1. The van der Waals surface area contributed by atoms with E-state index in [4.69, 9.17) is 10.7 Å². The van der Waals surface area contributed by atoms with Gasteiger partial charge in [-0.05, 0) is 55.4 Å². The van der Waals surface area contributed by atoms with Crippen molar-refractivity contribution in [2.45, 2.75) is 43.9 Å². The van der Waals surface area contributed by atoms with E-state index in [2.05, 4.69) is 15.4 Å². The second kappa shape index (κ2) is 8.53. The summed E-state index contributed by atoms with van der Waals surface area (Å²) in [7, 11) is 1.93. The molecule has 1 aromatic carbocycles. The molecule has 0 unspecified atom stereocenters. The Morgan fingerprint density at radius 1 is 1.25 bits per heavy atom. The predicted molar refractivity (Wildman–Crippen MR) is 137 cm³/mol. The van der Waals surface area contributed by atoms with Crippen molar-refractivity contribution in [3.8, 4) is 11.1 Å². The second-order valence-electron chi connectivity index (χ2n) is 9.90. The molecule has 4 heterocycles. The van der Waals surface area contributed by atoms with E-state index in [0.717, 1.165) is 35.1 Å². The van der Waals surface area contributed by atoms with Crippen molar-refractivity contribution in [2.75, 3.05) is 18.8 Å². The van der Waals surface area contributed by atoms with E-state index in [1.54, 1.807) is 27.9 Å². The summed E-state index contributed by atoms with van der Waals surface area (Å²) in [4.78, 5) is 23.5. The molecule has 3 aromatic heterocycles. The lowest BCUT2D eigenvalue weighted by atomic mass is 9.93. The Morgan fingerprint density at radius 3 is 2.78 bits per heavy atom. The van der Waals surface area contributed by atoms with E-state index in [9.17, 15) is 14.3 Å². The van der Waals surface area contributed by atoms with Gasteiger partial charge in [-0.15, -0.1) is 0 Å². The van der Waals surface area contributed by atoms with Gasteiger partial charge in [-0.2, -0.15) is 9.61 Å². The summed E-state index contributed by atoms with van der Waals surface area (Å²) in [6.07, 6.45) is 6.22. The quantitative estimate of drug-likeness (QED) is 0.351. The highest BCUT2D eigenvalue weighted by Crippen LogP contribution is 2.37. The molecule has 0 radical (unpaired) electrons. The number of aliphatic hydroxyl groups is 1. The minimum Gasteiger partial charge on any atom is -0.384 e. The number of anilines is 1. The number of hydrogen-bond acceptors (Lipinski definition) is 7. The number of likely N-dealkylation sites (tertiary alicyclic amines) is 1. The Balaban J connectivity index is 1.22. The number of aromatic nitrogens is 4. The van der Waals surface area contributed by atoms with Crippen molar-refractivity contribution < 1.29 is 14.3 Å². The van der Waals surface area contributed by atoms with Gasteiger partial charge in [0.25, 0.3) is 5.91 Å². The van der Waals surface area contributed by atoms with Crippen LogP contribution in [0.2, 0.25) is 0 Å². The number of nitrogen functional groups attached to an aromatic ring is 1. The maximum absolute atomic E-state index is 13.8. The molecule has 1 amide bonds. The fourth-order valence-corrected chi connectivity index (χ4v) is 4.92. The number of piperidine rings is 1. The topological polar surface area (TPSA) is 122 Å². The third-order valence-corrected chi connectivity index (χ3v) is 7.45. The highest BCUT2D eigenvalue weighted by Gasteiger charge is 2.50. The molecule has 1 saturated carbocycles. The van der Waals surface area contributed by atoms with Crippen LogP contribution in [0.15, 0.2) is 36.7 Å². The monoisotopic (exact) mass is 487 g/mol. The molecule has 4 aromatic rings. The molecule has 36 heavy (non-hydrogen) atoms. The van der Waals surface area contributed by atoms with Gasteiger partial charge in [0.15, 0.2) is 5.65 Å². The standard InChI is InChI=1S/C25H27BFN7O2/c26-21-20(13-29-17-3-7-33(8-4-17)24(35)25(36)5-6-25)32-23-18(12-31-34(23)22(21)28)15-9-14-10-16(27)1-2-19(14)30-11-15/h1-2,9-12,17,29,36H,3-8,13,26,28H2. The maximum Gasteiger partial charge on any atom is 0.254 e. The first kappa shape index (κ1) is 22.9. The van der Waals surface area contributed by atoms with E-state index < -0.39 is 5.60 Å². The van der Waals surface area contributed by atoms with Crippen molar-refractivity contribution in [3.63, 3.8) is 0 Å². The third-order valence-electron chi connectivity index (χ3n) is 7.45. The highest BCUT2D eigenvalue weighted by molar-refractivity contribution is 6.36. The summed E-state index contributed by atoms with van der Waals surface area (Å²) in [6, 6.07) is 6.63. The van der Waals surface area contributed by atoms with Crippen LogP contribution in [0.25, 0.3) is 27.7 Å². The molecule has 2 aliphatic rings. The number of nitrogens with two attached hydrogens (primary N) is 1. The largest absolute Gasteiger partial charge is 0.384 e. The number of amides is 1. The Bertz CT molecular complexity index is 1500. The van der Waals surface area contributed by atoms with Crippen LogP contribution < -0.4 is 16.5 Å². The summed E-state index contributed by atoms with van der Waals surface area (Å²) < 4.78 is 15.4. The molecule has 1 saturated heterocycles. The number of carbonyl (C=O) groups is 1. The van der Waals surface area contributed by atoms with Gasteiger partial charge < -0.3 is 21.1 Å². The van der Waals surface area contributed by atoms with Gasteiger partial charge in [-0.25, -0.2) is 9.37 Å². The van der Waals surface area contributed by atoms with Crippen LogP contribution in [0.3, 0.4) is 0 Å². The van der Waals surface area contributed by atoms with Crippen LogP contribution in [0.1, 0.15) is 31.4 Å². The van der Waals surface area contributed by atoms with Crippen molar-refractivity contribution in [3.05, 3.63) is 48.2 Å². The third kappa shape index (κ3) is 3.98. The predicted octanol–water partition coefficient (Wildman–Crippen LogP) is 0.530. The number of nitrogens with one attached hydrogen (secondary N) is 1. The van der Waals surface area contributed by atoms with E-state index in [0.29, 0.717) is 54.8 Å². The molecular weight excluding hydrogens is 460 g/mol. The lowest BCUT2D eigenvalue weighted by molar-refractivity contribution is -0.143. The SMILES string of the molecule is Bc1c(CNC2CCN(C(=O)C3(O)CC3)CC2)nc2c(-c3cnc4ccc(F)cc4c3)cnn2c1N. The molecular formula is C25H27BFN7O2. The van der Waals surface area contributed by atoms with Gasteiger partial charge in [0, 0.05) is 48.4 Å². The maximum atomic E-state index is 13.8. The lowest BCUT2D eigenvalue weighted by Gasteiger charge is -2.33. The van der Waals surface area contributed by atoms with Gasteiger partial charge in [0.05, 0.1) is 17.4 Å². The summed E-state index contributed by atoms with van der Waals surface area (Å²) in [5, 5.41) is 18.8. The summed E-state index contributed by atoms with van der Waals surface area (Å²) in [5.41, 5.74) is 9.88. The Labute approximate surface area is 207 Å². The van der Waals surface area contributed by atoms with E-state index in [1.807, 2.05) is 13.9 Å². The molecule has 0 atom stereocenters. The van der Waals surface area contributed by atoms with Gasteiger partial charge in [0.1, 0.15) is 25.1 Å². The number of rotatable bonds is 5. The van der Waals surface area contributed by atoms with Crippen LogP contribution in [-0.4, -0.2) is 68.1 Å². The van der Waals surface area contributed by atoms with Crippen molar-refractivity contribution >= 4 is 41.6 Å². The van der Waals surface area contributed by atoms with Crippen molar-refractivity contribution in [1.29, 1.82) is 0 Å². The van der Waals surface area contributed by atoms with Gasteiger partial charge in [-0.3, -0.25) is 9.78 Å². The minimum absolute atomic E-state index is 0.129. The molecule has 0 spiro atoms. The molecule has 184 valence electrons. The summed E-state index contributed by atoms with van der Waals surface area (Å²) in [5.74, 6) is 0.0723. The second-order valence-corrected chi connectivity index (χ2v) is 9.90. The van der Waals surface area contributed by atoms with Crippen molar-refractivity contribution in [1.82, 2.24) is 29.8 Å². The fraction of sp³-hybridized carbons (Fsp3) is 0.360. The van der Waals surface area contributed by atoms with Gasteiger partial charge in [-0.1, -0.05) is 0 Å². The van der Waals surface area contributed by atoms with E-state index in [-0.39, 0.29) is 17.8 Å². The summed E-state index contributed by atoms with van der Waals surface area (Å²) >= 11 is 0. The zero-order valence-corrected chi connectivity index (χ0v) is 20.0. The van der Waals surface area contributed by atoms with Crippen LogP contribution in [-0.2, 0) is 11.3 Å². The molecule has 2 fully saturated rings. The minimum atomic E-state index is -1.11. The average molecular weight is 487 g/mol. The molecule has 11 heteroatoms. The smallest absolute Gasteiger partial charge is 0.254 e. The fourth-order valence-electron chi connectivity index (χ4n) is 4.92. The van der Waals surface area contributed by atoms with Crippen LogP contribution in [0, 0.1) is 5.82 Å². The number of halogens is 1. The number of hydrogen-bond donors (Lipinski definition) is 3. The first-order valence-electron chi connectivity index (χ1n) is 12.3. The molecule has 9 nitrogen and oxygen atoms in total. The number of benzene rings is 1. The Morgan fingerprint density at radius 2 is 2.03 bits per heavy atom. The van der Waals surface area contributed by atoms with Crippen molar-refractivity contribution in [2.24, 2.45) is 0 Å². The first-order valence-corrected chi connectivity index (χ1v) is 12.3. The Hall–Kier alpha value is -3.57. The number of pyridine rings is 1. The average Bonchev–Trinajstić information content (AvgIpc) is 3.50. The van der Waals surface area contributed by atoms with Crippen LogP contribution in [0.5, 0.6) is 0 Å². The number of carbonyl (C=O) groups excluding carboxylic acids is 1.